The van der Waals surface area contributed by atoms with E-state index in [2.05, 4.69) is 15.5 Å². The van der Waals surface area contributed by atoms with E-state index in [-0.39, 0.29) is 11.7 Å². The van der Waals surface area contributed by atoms with Crippen molar-refractivity contribution in [2.45, 2.75) is 0 Å². The van der Waals surface area contributed by atoms with E-state index in [1.165, 1.54) is 23.0 Å². The molecule has 4 rings (SSSR count). The summed E-state index contributed by atoms with van der Waals surface area (Å²) in [5.74, 6) is -0.548. The Morgan fingerprint density at radius 2 is 1.67 bits per heavy atom. The number of nitrogens with zero attached hydrogens (tertiary/aromatic N) is 3. The molecule has 1 aromatic heterocycles. The van der Waals surface area contributed by atoms with Crippen molar-refractivity contribution in [3.8, 4) is 5.69 Å². The van der Waals surface area contributed by atoms with Gasteiger partial charge in [-0.3, -0.25) is 4.79 Å². The van der Waals surface area contributed by atoms with E-state index in [1.807, 2.05) is 30.3 Å². The number of hydrogen-bond donors (Lipinski definition) is 1. The fourth-order valence-corrected chi connectivity index (χ4v) is 2.60. The van der Waals surface area contributed by atoms with E-state index in [1.54, 1.807) is 36.4 Å². The predicted molar refractivity (Wildman–Crippen MR) is 103 cm³/mol. The topological polar surface area (TPSA) is 59.8 Å². The summed E-state index contributed by atoms with van der Waals surface area (Å²) in [5.41, 5.74) is 3.53. The molecule has 1 heterocycles. The number of carbonyl (C=O) groups excluding carboxylic acids is 1. The lowest BCUT2D eigenvalue weighted by molar-refractivity contribution is -0.111. The number of anilines is 1. The molecule has 1 amide bonds. The van der Waals surface area contributed by atoms with E-state index >= 15 is 0 Å². The van der Waals surface area contributed by atoms with Gasteiger partial charge in [-0.15, -0.1) is 10.2 Å². The average molecular weight is 358 g/mol. The minimum Gasteiger partial charge on any atom is -0.322 e. The highest BCUT2D eigenvalue weighted by Crippen LogP contribution is 2.18. The van der Waals surface area contributed by atoms with Crippen LogP contribution in [0.25, 0.3) is 22.8 Å². The van der Waals surface area contributed by atoms with Gasteiger partial charge in [-0.1, -0.05) is 30.3 Å². The van der Waals surface area contributed by atoms with Crippen LogP contribution in [-0.2, 0) is 4.79 Å². The first-order valence-corrected chi connectivity index (χ1v) is 8.34. The molecular formula is C21H15FN4O. The van der Waals surface area contributed by atoms with E-state index in [0.29, 0.717) is 22.4 Å². The van der Waals surface area contributed by atoms with Gasteiger partial charge in [-0.25, -0.2) is 4.39 Å². The highest BCUT2D eigenvalue weighted by molar-refractivity contribution is 6.02. The molecule has 0 unspecified atom stereocenters. The molecule has 0 aliphatic rings. The standard InChI is InChI=1S/C21H15FN4O/c22-16-7-10-18(11-8-16)26-24-19-12-9-17(14-20(19)25-26)23-21(27)13-6-15-4-2-1-3-5-15/h1-14H,(H,23,27)/b13-6-. The molecule has 0 aliphatic carbocycles. The molecule has 6 heteroatoms. The van der Waals surface area contributed by atoms with Gasteiger partial charge in [0.25, 0.3) is 0 Å². The average Bonchev–Trinajstić information content (AvgIpc) is 3.11. The Morgan fingerprint density at radius 1 is 0.926 bits per heavy atom. The molecule has 0 saturated heterocycles. The first-order valence-electron chi connectivity index (χ1n) is 8.34. The van der Waals surface area contributed by atoms with Crippen LogP contribution in [0.15, 0.2) is 78.9 Å². The third-order valence-corrected chi connectivity index (χ3v) is 3.93. The van der Waals surface area contributed by atoms with Crippen LogP contribution < -0.4 is 5.32 Å². The molecule has 0 bridgehead atoms. The second kappa shape index (κ2) is 7.21. The molecule has 27 heavy (non-hydrogen) atoms. The second-order valence-corrected chi connectivity index (χ2v) is 5.90. The van der Waals surface area contributed by atoms with Gasteiger partial charge in [0.15, 0.2) is 0 Å². The van der Waals surface area contributed by atoms with Gasteiger partial charge in [-0.05, 0) is 54.1 Å². The predicted octanol–water partition coefficient (Wildman–Crippen LogP) is 4.21. The first kappa shape index (κ1) is 16.7. The lowest BCUT2D eigenvalue weighted by atomic mass is 10.2. The third-order valence-electron chi connectivity index (χ3n) is 3.93. The van der Waals surface area contributed by atoms with Crippen molar-refractivity contribution in [3.63, 3.8) is 0 Å². The minimum absolute atomic E-state index is 0.232. The van der Waals surface area contributed by atoms with Gasteiger partial charge in [0, 0.05) is 11.8 Å². The summed E-state index contributed by atoms with van der Waals surface area (Å²) in [4.78, 5) is 13.5. The van der Waals surface area contributed by atoms with Crippen molar-refractivity contribution in [2.75, 3.05) is 5.32 Å². The largest absolute Gasteiger partial charge is 0.322 e. The number of hydrogen-bond acceptors (Lipinski definition) is 3. The summed E-state index contributed by atoms with van der Waals surface area (Å²) < 4.78 is 13.1. The Labute approximate surface area is 154 Å². The molecule has 4 aromatic rings. The molecule has 0 saturated carbocycles. The molecule has 1 N–H and O–H groups in total. The van der Waals surface area contributed by atoms with Crippen LogP contribution >= 0.6 is 0 Å². The van der Waals surface area contributed by atoms with E-state index in [9.17, 15) is 9.18 Å². The monoisotopic (exact) mass is 358 g/mol. The Balaban J connectivity index is 1.52. The van der Waals surface area contributed by atoms with Gasteiger partial charge in [0.2, 0.25) is 5.91 Å². The van der Waals surface area contributed by atoms with Crippen LogP contribution in [0.2, 0.25) is 0 Å². The number of aromatic nitrogens is 3. The highest BCUT2D eigenvalue weighted by Gasteiger charge is 2.07. The van der Waals surface area contributed by atoms with E-state index < -0.39 is 0 Å². The van der Waals surface area contributed by atoms with Gasteiger partial charge in [-0.2, -0.15) is 4.80 Å². The summed E-state index contributed by atoms with van der Waals surface area (Å²) in [6.07, 6.45) is 3.23. The van der Waals surface area contributed by atoms with Gasteiger partial charge < -0.3 is 5.32 Å². The maximum absolute atomic E-state index is 13.1. The lowest BCUT2D eigenvalue weighted by Crippen LogP contribution is -2.07. The van der Waals surface area contributed by atoms with Crippen molar-refractivity contribution >= 4 is 28.7 Å². The van der Waals surface area contributed by atoms with Crippen molar-refractivity contribution in [3.05, 3.63) is 90.3 Å². The fraction of sp³-hybridized carbons (Fsp3) is 0. The van der Waals surface area contributed by atoms with Crippen LogP contribution in [0.4, 0.5) is 10.1 Å². The van der Waals surface area contributed by atoms with Crippen molar-refractivity contribution < 1.29 is 9.18 Å². The molecule has 5 nitrogen and oxygen atoms in total. The van der Waals surface area contributed by atoms with Crippen LogP contribution in [0.5, 0.6) is 0 Å². The highest BCUT2D eigenvalue weighted by atomic mass is 19.1. The number of fused-ring (bicyclic) bond motifs is 1. The Hall–Kier alpha value is -3.80. The summed E-state index contributed by atoms with van der Waals surface area (Å²) in [7, 11) is 0. The summed E-state index contributed by atoms with van der Waals surface area (Å²) >= 11 is 0. The molecule has 0 radical (unpaired) electrons. The maximum atomic E-state index is 13.1. The SMILES string of the molecule is O=C(/C=C\c1ccccc1)Nc1ccc2nn(-c3ccc(F)cc3)nc2c1. The quantitative estimate of drug-likeness (QED) is 0.556. The van der Waals surface area contributed by atoms with Gasteiger partial charge >= 0.3 is 0 Å². The zero-order valence-electron chi connectivity index (χ0n) is 14.2. The van der Waals surface area contributed by atoms with Gasteiger partial charge in [0.05, 0.1) is 5.69 Å². The first-order chi connectivity index (χ1) is 13.2. The van der Waals surface area contributed by atoms with Crippen molar-refractivity contribution in [2.24, 2.45) is 0 Å². The molecule has 0 spiro atoms. The number of carbonyl (C=O) groups is 1. The zero-order chi connectivity index (χ0) is 18.6. The Bertz CT molecular complexity index is 1120. The molecular weight excluding hydrogens is 343 g/mol. The number of benzene rings is 3. The van der Waals surface area contributed by atoms with Crippen LogP contribution in [0, 0.1) is 5.82 Å². The Kier molecular flexibility index (Phi) is 4.45. The van der Waals surface area contributed by atoms with E-state index in [4.69, 9.17) is 0 Å². The van der Waals surface area contributed by atoms with Gasteiger partial charge in [0.1, 0.15) is 16.9 Å². The molecule has 0 fully saturated rings. The fourth-order valence-electron chi connectivity index (χ4n) is 2.60. The van der Waals surface area contributed by atoms with Crippen LogP contribution in [0.1, 0.15) is 5.56 Å². The van der Waals surface area contributed by atoms with Crippen molar-refractivity contribution in [1.82, 2.24) is 15.0 Å². The maximum Gasteiger partial charge on any atom is 0.248 e. The number of halogens is 1. The number of nitrogens with one attached hydrogen (secondary N) is 1. The molecule has 132 valence electrons. The smallest absolute Gasteiger partial charge is 0.248 e. The second-order valence-electron chi connectivity index (χ2n) is 5.90. The number of amides is 1. The summed E-state index contributed by atoms with van der Waals surface area (Å²) in [6.45, 7) is 0. The molecule has 0 atom stereocenters. The third kappa shape index (κ3) is 3.90. The lowest BCUT2D eigenvalue weighted by Gasteiger charge is -2.01. The minimum atomic E-state index is -0.316. The van der Waals surface area contributed by atoms with E-state index in [0.717, 1.165) is 5.56 Å². The number of rotatable bonds is 4. The molecule has 3 aromatic carbocycles. The Morgan fingerprint density at radius 3 is 2.44 bits per heavy atom. The van der Waals surface area contributed by atoms with Crippen LogP contribution in [0.3, 0.4) is 0 Å². The normalized spacial score (nSPS) is 11.1. The summed E-state index contributed by atoms with van der Waals surface area (Å²) in [6, 6.07) is 20.8. The zero-order valence-corrected chi connectivity index (χ0v) is 14.2. The summed E-state index contributed by atoms with van der Waals surface area (Å²) in [5, 5.41) is 11.6. The van der Waals surface area contributed by atoms with Crippen LogP contribution in [-0.4, -0.2) is 20.9 Å². The van der Waals surface area contributed by atoms with Crippen molar-refractivity contribution in [1.29, 1.82) is 0 Å². The molecule has 0 aliphatic heterocycles.